The zero-order valence-corrected chi connectivity index (χ0v) is 8.18. The van der Waals surface area contributed by atoms with Gasteiger partial charge < -0.3 is 10.8 Å². The maximum atomic E-state index is 10.4. The van der Waals surface area contributed by atoms with E-state index in [1.54, 1.807) is 18.2 Å². The SMILES string of the molecule is N#Cc1cccc(CC(N)CC(=O)O)c1. The fourth-order valence-electron chi connectivity index (χ4n) is 1.37. The summed E-state index contributed by atoms with van der Waals surface area (Å²) < 4.78 is 0. The predicted molar refractivity (Wildman–Crippen MR) is 55.1 cm³/mol. The van der Waals surface area contributed by atoms with E-state index in [4.69, 9.17) is 16.1 Å². The standard InChI is InChI=1S/C11H12N2O2/c12-7-9-3-1-2-8(4-9)5-10(13)6-11(14)15/h1-4,10H,5-6,13H2,(H,14,15). The first-order valence-corrected chi connectivity index (χ1v) is 4.58. The van der Waals surface area contributed by atoms with E-state index in [2.05, 4.69) is 0 Å². The Kier molecular flexibility index (Phi) is 3.83. The lowest BCUT2D eigenvalue weighted by molar-refractivity contribution is -0.137. The molecule has 78 valence electrons. The molecule has 0 saturated heterocycles. The molecule has 0 saturated carbocycles. The summed E-state index contributed by atoms with van der Waals surface area (Å²) in [4.78, 5) is 10.4. The van der Waals surface area contributed by atoms with Crippen LogP contribution in [0.15, 0.2) is 24.3 Å². The number of rotatable bonds is 4. The van der Waals surface area contributed by atoms with Crippen molar-refractivity contribution >= 4 is 5.97 Å². The second-order valence-corrected chi connectivity index (χ2v) is 3.37. The molecule has 0 aliphatic carbocycles. The van der Waals surface area contributed by atoms with Gasteiger partial charge in [-0.2, -0.15) is 5.26 Å². The number of hydrogen-bond acceptors (Lipinski definition) is 3. The van der Waals surface area contributed by atoms with Crippen molar-refractivity contribution in [3.63, 3.8) is 0 Å². The molecule has 3 N–H and O–H groups in total. The zero-order valence-electron chi connectivity index (χ0n) is 8.18. The lowest BCUT2D eigenvalue weighted by atomic mass is 10.0. The summed E-state index contributed by atoms with van der Waals surface area (Å²) in [5, 5.41) is 17.2. The highest BCUT2D eigenvalue weighted by molar-refractivity contribution is 5.67. The lowest BCUT2D eigenvalue weighted by Crippen LogP contribution is -2.26. The number of aliphatic carboxylic acids is 1. The number of nitrogens with two attached hydrogens (primary N) is 1. The van der Waals surface area contributed by atoms with Gasteiger partial charge in [-0.1, -0.05) is 12.1 Å². The predicted octanol–water partition coefficient (Wildman–Crippen LogP) is 0.903. The molecule has 4 nitrogen and oxygen atoms in total. The van der Waals surface area contributed by atoms with E-state index in [9.17, 15) is 4.79 Å². The van der Waals surface area contributed by atoms with Crippen LogP contribution >= 0.6 is 0 Å². The van der Waals surface area contributed by atoms with Gasteiger partial charge in [0, 0.05) is 6.04 Å². The third kappa shape index (κ3) is 3.79. The molecule has 1 aromatic carbocycles. The summed E-state index contributed by atoms with van der Waals surface area (Å²) in [6.45, 7) is 0. The minimum Gasteiger partial charge on any atom is -0.481 e. The molecule has 1 aromatic rings. The summed E-state index contributed by atoms with van der Waals surface area (Å²) in [6, 6.07) is 8.64. The van der Waals surface area contributed by atoms with Crippen LogP contribution in [0.5, 0.6) is 0 Å². The molecular weight excluding hydrogens is 192 g/mol. The average Bonchev–Trinajstić information content (AvgIpc) is 2.16. The number of hydrogen-bond donors (Lipinski definition) is 2. The van der Waals surface area contributed by atoms with Gasteiger partial charge in [-0.25, -0.2) is 0 Å². The summed E-state index contributed by atoms with van der Waals surface area (Å²) in [5.41, 5.74) is 7.09. The molecule has 0 aromatic heterocycles. The fraction of sp³-hybridized carbons (Fsp3) is 0.273. The molecule has 0 fully saturated rings. The van der Waals surface area contributed by atoms with E-state index < -0.39 is 12.0 Å². The van der Waals surface area contributed by atoms with Crippen LogP contribution < -0.4 is 5.73 Å². The molecule has 0 radical (unpaired) electrons. The lowest BCUT2D eigenvalue weighted by Gasteiger charge is -2.08. The van der Waals surface area contributed by atoms with Crippen molar-refractivity contribution < 1.29 is 9.90 Å². The van der Waals surface area contributed by atoms with Gasteiger partial charge in [0.15, 0.2) is 0 Å². The molecule has 0 aliphatic heterocycles. The summed E-state index contributed by atoms with van der Waals surface area (Å²) in [7, 11) is 0. The number of nitriles is 1. The molecule has 0 heterocycles. The van der Waals surface area contributed by atoms with Crippen molar-refractivity contribution in [3.8, 4) is 6.07 Å². The van der Waals surface area contributed by atoms with Crippen LogP contribution in [0.1, 0.15) is 17.5 Å². The molecule has 1 unspecified atom stereocenters. The smallest absolute Gasteiger partial charge is 0.304 e. The molecular formula is C11H12N2O2. The Balaban J connectivity index is 2.64. The Bertz CT molecular complexity index is 396. The minimum absolute atomic E-state index is 0.0587. The monoisotopic (exact) mass is 204 g/mol. The van der Waals surface area contributed by atoms with Gasteiger partial charge in [-0.3, -0.25) is 4.79 Å². The third-order valence-corrected chi connectivity index (χ3v) is 1.99. The van der Waals surface area contributed by atoms with Crippen LogP contribution in [0.25, 0.3) is 0 Å². The molecule has 0 amide bonds. The first kappa shape index (κ1) is 11.2. The van der Waals surface area contributed by atoms with Gasteiger partial charge in [-0.05, 0) is 24.1 Å². The van der Waals surface area contributed by atoms with E-state index >= 15 is 0 Å². The summed E-state index contributed by atoms with van der Waals surface area (Å²) >= 11 is 0. The Morgan fingerprint density at radius 2 is 2.33 bits per heavy atom. The van der Waals surface area contributed by atoms with E-state index in [1.807, 2.05) is 12.1 Å². The van der Waals surface area contributed by atoms with Crippen molar-refractivity contribution in [2.45, 2.75) is 18.9 Å². The molecule has 1 atom stereocenters. The first-order valence-electron chi connectivity index (χ1n) is 4.58. The maximum absolute atomic E-state index is 10.4. The van der Waals surface area contributed by atoms with Gasteiger partial charge >= 0.3 is 5.97 Å². The third-order valence-electron chi connectivity index (χ3n) is 1.99. The van der Waals surface area contributed by atoms with Crippen LogP contribution in [0.3, 0.4) is 0 Å². The highest BCUT2D eigenvalue weighted by atomic mass is 16.4. The van der Waals surface area contributed by atoms with Crippen molar-refractivity contribution in [3.05, 3.63) is 35.4 Å². The Morgan fingerprint density at radius 3 is 2.93 bits per heavy atom. The van der Waals surface area contributed by atoms with Crippen molar-refractivity contribution in [2.24, 2.45) is 5.73 Å². The maximum Gasteiger partial charge on any atom is 0.304 e. The molecule has 15 heavy (non-hydrogen) atoms. The number of carboxylic acids is 1. The highest BCUT2D eigenvalue weighted by Crippen LogP contribution is 2.07. The van der Waals surface area contributed by atoms with Crippen LogP contribution in [-0.4, -0.2) is 17.1 Å². The van der Waals surface area contributed by atoms with Crippen molar-refractivity contribution in [2.75, 3.05) is 0 Å². The average molecular weight is 204 g/mol. The zero-order chi connectivity index (χ0) is 11.3. The number of carboxylic acid groups (broad SMARTS) is 1. The number of carbonyl (C=O) groups is 1. The highest BCUT2D eigenvalue weighted by Gasteiger charge is 2.08. The van der Waals surface area contributed by atoms with Gasteiger partial charge in [0.1, 0.15) is 0 Å². The second-order valence-electron chi connectivity index (χ2n) is 3.37. The van der Waals surface area contributed by atoms with Gasteiger partial charge in [0.05, 0.1) is 18.1 Å². The largest absolute Gasteiger partial charge is 0.481 e. The second kappa shape index (κ2) is 5.13. The molecule has 4 heteroatoms. The van der Waals surface area contributed by atoms with Crippen LogP contribution in [0, 0.1) is 11.3 Å². The van der Waals surface area contributed by atoms with Gasteiger partial charge in [0.2, 0.25) is 0 Å². The van der Waals surface area contributed by atoms with Crippen molar-refractivity contribution in [1.82, 2.24) is 0 Å². The number of benzene rings is 1. The molecule has 0 aliphatic rings. The fourth-order valence-corrected chi connectivity index (χ4v) is 1.37. The van der Waals surface area contributed by atoms with Crippen LogP contribution in [0.4, 0.5) is 0 Å². The van der Waals surface area contributed by atoms with Crippen molar-refractivity contribution in [1.29, 1.82) is 5.26 Å². The molecule has 0 spiro atoms. The van der Waals surface area contributed by atoms with E-state index in [-0.39, 0.29) is 6.42 Å². The quantitative estimate of drug-likeness (QED) is 0.762. The van der Waals surface area contributed by atoms with Crippen LogP contribution in [0.2, 0.25) is 0 Å². The topological polar surface area (TPSA) is 87.1 Å². The van der Waals surface area contributed by atoms with E-state index in [0.29, 0.717) is 12.0 Å². The molecule has 0 bridgehead atoms. The van der Waals surface area contributed by atoms with Gasteiger partial charge in [-0.15, -0.1) is 0 Å². The van der Waals surface area contributed by atoms with E-state index in [1.165, 1.54) is 0 Å². The first-order chi connectivity index (χ1) is 7.11. The summed E-state index contributed by atoms with van der Waals surface area (Å²) in [5.74, 6) is -0.904. The van der Waals surface area contributed by atoms with E-state index in [0.717, 1.165) is 5.56 Å². The Morgan fingerprint density at radius 1 is 1.60 bits per heavy atom. The number of nitrogens with zero attached hydrogens (tertiary/aromatic N) is 1. The Hall–Kier alpha value is -1.86. The Labute approximate surface area is 87.9 Å². The normalized spacial score (nSPS) is 11.7. The van der Waals surface area contributed by atoms with Gasteiger partial charge in [0.25, 0.3) is 0 Å². The summed E-state index contributed by atoms with van der Waals surface area (Å²) in [6.07, 6.45) is 0.415. The molecule has 1 rings (SSSR count). The van der Waals surface area contributed by atoms with Crippen LogP contribution in [-0.2, 0) is 11.2 Å². The minimum atomic E-state index is -0.904.